The summed E-state index contributed by atoms with van der Waals surface area (Å²) < 4.78 is 70.6. The molecule has 0 unspecified atom stereocenters. The lowest BCUT2D eigenvalue weighted by atomic mass is 9.82. The lowest BCUT2D eigenvalue weighted by Gasteiger charge is -2.33. The molecule has 0 radical (unpaired) electrons. The Hall–Kier alpha value is -1.75. The van der Waals surface area contributed by atoms with Crippen LogP contribution in [0.25, 0.3) is 0 Å². The van der Waals surface area contributed by atoms with Crippen LogP contribution in [0.2, 0.25) is 0 Å². The zero-order valence-electron chi connectivity index (χ0n) is 21.0. The van der Waals surface area contributed by atoms with Gasteiger partial charge in [-0.15, -0.1) is 0 Å². The number of hydrogen-bond donors (Lipinski definition) is 1. The van der Waals surface area contributed by atoms with Crippen molar-refractivity contribution in [2.24, 2.45) is 0 Å². The summed E-state index contributed by atoms with van der Waals surface area (Å²) in [5.41, 5.74) is 0.477. The van der Waals surface area contributed by atoms with Gasteiger partial charge in [0.05, 0.1) is 25.9 Å². The van der Waals surface area contributed by atoms with Crippen molar-refractivity contribution in [2.45, 2.75) is 69.1 Å². The molecule has 10 heteroatoms. The number of likely N-dealkylation sites (tertiary alicyclic amines) is 1. The van der Waals surface area contributed by atoms with Crippen molar-refractivity contribution in [3.8, 4) is 0 Å². The number of methoxy groups -OCH3 is 1. The second-order valence-corrected chi connectivity index (χ2v) is 10.4. The molecule has 0 spiro atoms. The summed E-state index contributed by atoms with van der Waals surface area (Å²) in [7, 11) is 0.388. The SMILES string of the molecule is [2H][C@@H]1C[C@@H](OC[C@H]2[C@@H](NS(=O)(=O)N(C)C)C[C@@H](C)N2C(=O)OC)CC[C@]1([2H])c1cccc(F)c1. The van der Waals surface area contributed by atoms with Gasteiger partial charge in [0.15, 0.2) is 0 Å². The first-order chi connectivity index (χ1) is 15.9. The van der Waals surface area contributed by atoms with Crippen LogP contribution in [0.4, 0.5) is 9.18 Å². The molecule has 180 valence electrons. The molecule has 1 aromatic rings. The third kappa shape index (κ3) is 5.78. The minimum Gasteiger partial charge on any atom is -0.453 e. The average Bonchev–Trinajstić information content (AvgIpc) is 3.07. The highest BCUT2D eigenvalue weighted by Crippen LogP contribution is 2.35. The van der Waals surface area contributed by atoms with Gasteiger partial charge >= 0.3 is 6.09 Å². The summed E-state index contributed by atoms with van der Waals surface area (Å²) in [6.07, 6.45) is -0.235. The van der Waals surface area contributed by atoms with E-state index in [1.807, 2.05) is 6.92 Å². The first-order valence-corrected chi connectivity index (χ1v) is 12.2. The molecule has 0 aromatic heterocycles. The third-order valence-electron chi connectivity index (χ3n) is 6.12. The Balaban J connectivity index is 1.70. The van der Waals surface area contributed by atoms with E-state index in [0.717, 1.165) is 4.31 Å². The Morgan fingerprint density at radius 2 is 2.12 bits per heavy atom. The van der Waals surface area contributed by atoms with Crippen LogP contribution in [-0.4, -0.2) is 75.8 Å². The number of hydrogen-bond acceptors (Lipinski definition) is 5. The normalized spacial score (nSPS) is 34.3. The third-order valence-corrected chi connectivity index (χ3v) is 7.68. The smallest absolute Gasteiger partial charge is 0.410 e. The van der Waals surface area contributed by atoms with E-state index in [4.69, 9.17) is 12.2 Å². The van der Waals surface area contributed by atoms with Crippen LogP contribution in [0.5, 0.6) is 0 Å². The molecule has 6 atom stereocenters. The van der Waals surface area contributed by atoms with Crippen molar-refractivity contribution < 1.29 is 29.8 Å². The number of nitrogens with zero attached hydrogens (tertiary/aromatic N) is 2. The summed E-state index contributed by atoms with van der Waals surface area (Å²) in [5.74, 6) is -1.66. The summed E-state index contributed by atoms with van der Waals surface area (Å²) in [5, 5.41) is 0. The van der Waals surface area contributed by atoms with Gasteiger partial charge in [0, 0.05) is 28.9 Å². The molecule has 1 saturated heterocycles. The first kappa shape index (κ1) is 22.1. The van der Waals surface area contributed by atoms with E-state index >= 15 is 0 Å². The standard InChI is InChI=1S/C22H34FN3O5S/c1-15-12-20(24-32(28,29)25(2)3)21(26(15)22(27)30-4)14-31-19-10-8-16(9-11-19)17-6-5-7-18(23)13-17/h5-7,13,15-16,19-21,24H,8-12,14H2,1-4H3/t15-,16-,19-,20+,21+/m1/s1/i8D,16D/t8-,15-,16-,19-,20+,21+. The van der Waals surface area contributed by atoms with Crippen molar-refractivity contribution in [2.75, 3.05) is 27.8 Å². The van der Waals surface area contributed by atoms with Crippen molar-refractivity contribution in [3.63, 3.8) is 0 Å². The number of rotatable bonds is 7. The van der Waals surface area contributed by atoms with E-state index < -0.39 is 46.5 Å². The monoisotopic (exact) mass is 473 g/mol. The highest BCUT2D eigenvalue weighted by atomic mass is 32.2. The van der Waals surface area contributed by atoms with Gasteiger partial charge in [-0.25, -0.2) is 9.18 Å². The molecular formula is C22H34FN3O5S. The number of carbonyl (C=O) groups excluding carboxylic acids is 1. The molecule has 1 aliphatic carbocycles. The first-order valence-electron chi connectivity index (χ1n) is 11.8. The topological polar surface area (TPSA) is 88.2 Å². The number of amides is 1. The molecule has 3 rings (SSSR count). The van der Waals surface area contributed by atoms with Crippen LogP contribution in [0.15, 0.2) is 24.3 Å². The largest absolute Gasteiger partial charge is 0.453 e. The fourth-order valence-corrected chi connectivity index (χ4v) is 5.19. The van der Waals surface area contributed by atoms with Crippen molar-refractivity contribution in [1.29, 1.82) is 0 Å². The van der Waals surface area contributed by atoms with Crippen molar-refractivity contribution >= 4 is 16.3 Å². The molecule has 2 fully saturated rings. The van der Waals surface area contributed by atoms with Crippen LogP contribution < -0.4 is 4.72 Å². The fraction of sp³-hybridized carbons (Fsp3) is 0.682. The van der Waals surface area contributed by atoms with Crippen LogP contribution in [0.3, 0.4) is 0 Å². The number of halogens is 1. The van der Waals surface area contributed by atoms with E-state index in [-0.39, 0.29) is 25.2 Å². The van der Waals surface area contributed by atoms with Crippen LogP contribution >= 0.6 is 0 Å². The molecule has 1 N–H and O–H groups in total. The maximum atomic E-state index is 13.7. The summed E-state index contributed by atoms with van der Waals surface area (Å²) in [6, 6.07) is 4.43. The Bertz CT molecular complexity index is 985. The predicted octanol–water partition coefficient (Wildman–Crippen LogP) is 2.86. The zero-order chi connectivity index (χ0) is 25.3. The lowest BCUT2D eigenvalue weighted by molar-refractivity contribution is -0.00865. The van der Waals surface area contributed by atoms with Gasteiger partial charge in [0.2, 0.25) is 0 Å². The van der Waals surface area contributed by atoms with Crippen molar-refractivity contribution in [3.05, 3.63) is 35.6 Å². The Labute approximate surface area is 193 Å². The molecule has 8 nitrogen and oxygen atoms in total. The van der Waals surface area contributed by atoms with Gasteiger partial charge < -0.3 is 9.47 Å². The molecule has 1 heterocycles. The zero-order valence-corrected chi connectivity index (χ0v) is 19.8. The highest BCUT2D eigenvalue weighted by Gasteiger charge is 2.44. The van der Waals surface area contributed by atoms with Crippen LogP contribution in [0.1, 0.15) is 53.2 Å². The quantitative estimate of drug-likeness (QED) is 0.658. The lowest BCUT2D eigenvalue weighted by Crippen LogP contribution is -2.52. The van der Waals surface area contributed by atoms with Gasteiger partial charge in [-0.1, -0.05) is 12.1 Å². The summed E-state index contributed by atoms with van der Waals surface area (Å²) in [4.78, 5) is 13.9. The fourth-order valence-electron chi connectivity index (χ4n) is 4.35. The molecule has 0 bridgehead atoms. The van der Waals surface area contributed by atoms with Crippen molar-refractivity contribution in [1.82, 2.24) is 13.9 Å². The minimum atomic E-state index is -3.73. The van der Waals surface area contributed by atoms with Gasteiger partial charge in [-0.2, -0.15) is 17.4 Å². The molecule has 1 amide bonds. The summed E-state index contributed by atoms with van der Waals surface area (Å²) in [6.45, 7) is 1.88. The maximum Gasteiger partial charge on any atom is 0.410 e. The summed E-state index contributed by atoms with van der Waals surface area (Å²) >= 11 is 0. The van der Waals surface area contributed by atoms with Crippen LogP contribution in [0, 0.1) is 5.82 Å². The number of benzene rings is 1. The number of ether oxygens (including phenoxy) is 2. The minimum absolute atomic E-state index is 0.0579. The van der Waals surface area contributed by atoms with E-state index in [1.165, 1.54) is 38.2 Å². The number of carbonyl (C=O) groups is 1. The number of nitrogens with one attached hydrogen (secondary N) is 1. The van der Waals surface area contributed by atoms with E-state index in [1.54, 1.807) is 12.1 Å². The Morgan fingerprint density at radius 1 is 1.38 bits per heavy atom. The van der Waals surface area contributed by atoms with E-state index in [2.05, 4.69) is 4.72 Å². The Kier molecular flexibility index (Phi) is 7.21. The van der Waals surface area contributed by atoms with Gasteiger partial charge in [-0.05, 0) is 62.6 Å². The Morgan fingerprint density at radius 3 is 2.75 bits per heavy atom. The highest BCUT2D eigenvalue weighted by molar-refractivity contribution is 7.87. The molecule has 32 heavy (non-hydrogen) atoms. The molecule has 1 aromatic carbocycles. The molecule has 2 aliphatic rings. The van der Waals surface area contributed by atoms with E-state index in [9.17, 15) is 17.6 Å². The second-order valence-electron chi connectivity index (χ2n) is 8.51. The average molecular weight is 474 g/mol. The van der Waals surface area contributed by atoms with Gasteiger partial charge in [0.1, 0.15) is 5.82 Å². The molecular weight excluding hydrogens is 437 g/mol. The molecule has 1 saturated carbocycles. The van der Waals surface area contributed by atoms with Crippen LogP contribution in [-0.2, 0) is 19.7 Å². The van der Waals surface area contributed by atoms with Gasteiger partial charge in [0.25, 0.3) is 10.2 Å². The van der Waals surface area contributed by atoms with E-state index in [0.29, 0.717) is 24.8 Å². The maximum absolute atomic E-state index is 13.7. The second kappa shape index (κ2) is 10.5. The predicted molar refractivity (Wildman–Crippen MR) is 119 cm³/mol. The van der Waals surface area contributed by atoms with Gasteiger partial charge in [-0.3, -0.25) is 4.90 Å². The molecule has 1 aliphatic heterocycles.